The lowest BCUT2D eigenvalue weighted by molar-refractivity contribution is -0.114. The first-order chi connectivity index (χ1) is 15.9. The zero-order valence-corrected chi connectivity index (χ0v) is 19.6. The highest BCUT2D eigenvalue weighted by molar-refractivity contribution is 7.20. The zero-order valence-electron chi connectivity index (χ0n) is 18.8. The summed E-state index contributed by atoms with van der Waals surface area (Å²) >= 11 is 1.42. The van der Waals surface area contributed by atoms with Crippen molar-refractivity contribution in [2.24, 2.45) is 0 Å². The molecule has 6 nitrogen and oxygen atoms in total. The molecule has 0 saturated carbocycles. The van der Waals surface area contributed by atoms with Crippen molar-refractivity contribution in [2.45, 2.75) is 33.1 Å². The molecule has 0 unspecified atom stereocenters. The van der Waals surface area contributed by atoms with Gasteiger partial charge in [-0.15, -0.1) is 11.3 Å². The number of rotatable bonds is 5. The molecule has 1 aliphatic heterocycles. The average molecular weight is 462 g/mol. The molecule has 7 heteroatoms. The molecule has 4 rings (SSSR count). The highest BCUT2D eigenvalue weighted by Gasteiger charge is 2.28. The minimum Gasteiger partial charge on any atom is -0.339 e. The van der Waals surface area contributed by atoms with Crippen molar-refractivity contribution in [2.75, 3.05) is 23.7 Å². The molecule has 0 atom stereocenters. The quantitative estimate of drug-likeness (QED) is 0.522. The number of likely N-dealkylation sites (tertiary alicyclic amines) is 1. The molecule has 0 radical (unpaired) electrons. The summed E-state index contributed by atoms with van der Waals surface area (Å²) in [4.78, 5) is 40.9. The second kappa shape index (κ2) is 10.0. The van der Waals surface area contributed by atoms with E-state index in [1.54, 1.807) is 24.3 Å². The molecule has 33 heavy (non-hydrogen) atoms. The highest BCUT2D eigenvalue weighted by Crippen LogP contribution is 2.41. The molecule has 170 valence electrons. The highest BCUT2D eigenvalue weighted by atomic mass is 32.1. The summed E-state index contributed by atoms with van der Waals surface area (Å²) in [7, 11) is 0. The number of nitrogens with zero attached hydrogens (tertiary/aromatic N) is 1. The Bertz CT molecular complexity index is 1180. The van der Waals surface area contributed by atoms with E-state index in [4.69, 9.17) is 0 Å². The van der Waals surface area contributed by atoms with Crippen LogP contribution < -0.4 is 10.6 Å². The van der Waals surface area contributed by atoms with Crippen molar-refractivity contribution in [3.8, 4) is 10.4 Å². The van der Waals surface area contributed by atoms with Gasteiger partial charge in [-0.2, -0.15) is 0 Å². The molecular weight excluding hydrogens is 434 g/mol. The van der Waals surface area contributed by atoms with Crippen LogP contribution in [-0.2, 0) is 4.79 Å². The molecule has 2 aromatic carbocycles. The Morgan fingerprint density at radius 3 is 2.33 bits per heavy atom. The Morgan fingerprint density at radius 2 is 1.64 bits per heavy atom. The van der Waals surface area contributed by atoms with Gasteiger partial charge in [0, 0.05) is 36.1 Å². The maximum Gasteiger partial charge on any atom is 0.257 e. The third-order valence-electron chi connectivity index (χ3n) is 5.71. The number of piperidine rings is 1. The molecule has 2 heterocycles. The van der Waals surface area contributed by atoms with Gasteiger partial charge < -0.3 is 15.5 Å². The fourth-order valence-corrected chi connectivity index (χ4v) is 5.30. The molecule has 1 saturated heterocycles. The average Bonchev–Trinajstić information content (AvgIpc) is 3.15. The number of anilines is 2. The van der Waals surface area contributed by atoms with Gasteiger partial charge in [-0.1, -0.05) is 36.4 Å². The van der Waals surface area contributed by atoms with Gasteiger partial charge in [-0.3, -0.25) is 14.4 Å². The Hall–Kier alpha value is -3.45. The fourth-order valence-electron chi connectivity index (χ4n) is 4.10. The zero-order chi connectivity index (χ0) is 23.4. The second-order valence-corrected chi connectivity index (χ2v) is 9.22. The van der Waals surface area contributed by atoms with Gasteiger partial charge in [0.05, 0.1) is 5.56 Å². The number of hydrogen-bond donors (Lipinski definition) is 2. The van der Waals surface area contributed by atoms with Crippen molar-refractivity contribution in [1.29, 1.82) is 0 Å². The number of carbonyl (C=O) groups excluding carboxylic acids is 3. The van der Waals surface area contributed by atoms with E-state index in [0.717, 1.165) is 48.4 Å². The first-order valence-corrected chi connectivity index (χ1v) is 11.9. The van der Waals surface area contributed by atoms with Gasteiger partial charge in [0.25, 0.3) is 11.8 Å². The minimum absolute atomic E-state index is 0.0343. The number of hydrogen-bond acceptors (Lipinski definition) is 4. The largest absolute Gasteiger partial charge is 0.339 e. The van der Waals surface area contributed by atoms with E-state index in [0.29, 0.717) is 21.8 Å². The van der Waals surface area contributed by atoms with Crippen molar-refractivity contribution in [1.82, 2.24) is 4.90 Å². The molecule has 3 aromatic rings. The lowest BCUT2D eigenvalue weighted by atomic mass is 10.0. The fraction of sp³-hybridized carbons (Fsp3) is 0.269. The topological polar surface area (TPSA) is 78.5 Å². The minimum atomic E-state index is -0.323. The van der Waals surface area contributed by atoms with Crippen LogP contribution in [0.4, 0.5) is 10.7 Å². The first-order valence-electron chi connectivity index (χ1n) is 11.1. The Balaban J connectivity index is 1.69. The Kier molecular flexibility index (Phi) is 6.89. The van der Waals surface area contributed by atoms with Gasteiger partial charge >= 0.3 is 0 Å². The lowest BCUT2D eigenvalue weighted by Crippen LogP contribution is -2.36. The van der Waals surface area contributed by atoms with Crippen LogP contribution in [0.3, 0.4) is 0 Å². The van der Waals surface area contributed by atoms with E-state index in [1.807, 2.05) is 42.2 Å². The summed E-state index contributed by atoms with van der Waals surface area (Å²) in [5.41, 5.74) is 3.41. The number of carbonyl (C=O) groups is 3. The van der Waals surface area contributed by atoms with Crippen LogP contribution in [-0.4, -0.2) is 35.7 Å². The molecule has 0 bridgehead atoms. The predicted octanol–water partition coefficient (Wildman–Crippen LogP) is 5.56. The van der Waals surface area contributed by atoms with Crippen LogP contribution in [0.15, 0.2) is 54.6 Å². The summed E-state index contributed by atoms with van der Waals surface area (Å²) in [6.45, 7) is 4.84. The van der Waals surface area contributed by atoms with Crippen molar-refractivity contribution < 1.29 is 14.4 Å². The molecular formula is C26H27N3O3S. The molecule has 2 N–H and O–H groups in total. The molecule has 1 aromatic heterocycles. The van der Waals surface area contributed by atoms with E-state index >= 15 is 0 Å². The van der Waals surface area contributed by atoms with E-state index in [1.165, 1.54) is 18.3 Å². The van der Waals surface area contributed by atoms with E-state index in [9.17, 15) is 14.4 Å². The Labute approximate surface area is 197 Å². The van der Waals surface area contributed by atoms with Gasteiger partial charge in [-0.05, 0) is 55.5 Å². The summed E-state index contributed by atoms with van der Waals surface area (Å²) in [6.07, 6.45) is 3.13. The molecule has 0 aliphatic carbocycles. The maximum atomic E-state index is 13.5. The van der Waals surface area contributed by atoms with Gasteiger partial charge in [0.2, 0.25) is 5.91 Å². The van der Waals surface area contributed by atoms with E-state index in [2.05, 4.69) is 10.6 Å². The standard InChI is InChI=1S/C26H27N3O3S/c1-17-22(26(32)29-14-7-4-8-15-29)25(33-23(17)19-10-5-3-6-11-19)28-24(31)20-12-9-13-21(16-20)27-18(2)30/h3,5-6,9-13,16H,4,7-8,14-15H2,1-2H3,(H,27,30)(H,28,31). The smallest absolute Gasteiger partial charge is 0.257 e. The van der Waals surface area contributed by atoms with Crippen LogP contribution in [0.1, 0.15) is 52.5 Å². The summed E-state index contributed by atoms with van der Waals surface area (Å²) in [5.74, 6) is -0.563. The van der Waals surface area contributed by atoms with Crippen LogP contribution >= 0.6 is 11.3 Å². The third kappa shape index (κ3) is 5.14. The van der Waals surface area contributed by atoms with Crippen LogP contribution in [0.25, 0.3) is 10.4 Å². The van der Waals surface area contributed by atoms with Gasteiger partial charge in [0.1, 0.15) is 5.00 Å². The lowest BCUT2D eigenvalue weighted by Gasteiger charge is -2.27. The summed E-state index contributed by atoms with van der Waals surface area (Å²) in [5, 5.41) is 6.22. The monoisotopic (exact) mass is 461 g/mol. The van der Waals surface area contributed by atoms with Crippen molar-refractivity contribution in [3.63, 3.8) is 0 Å². The SMILES string of the molecule is CC(=O)Nc1cccc(C(=O)Nc2sc(-c3ccccc3)c(C)c2C(=O)N2CCCCC2)c1. The van der Waals surface area contributed by atoms with Crippen molar-refractivity contribution in [3.05, 3.63) is 71.3 Å². The summed E-state index contributed by atoms with van der Waals surface area (Å²) < 4.78 is 0. The van der Waals surface area contributed by atoms with E-state index < -0.39 is 0 Å². The normalized spacial score (nSPS) is 13.5. The molecule has 1 aliphatic rings. The van der Waals surface area contributed by atoms with Crippen LogP contribution in [0.2, 0.25) is 0 Å². The first kappa shape index (κ1) is 22.7. The third-order valence-corrected chi connectivity index (χ3v) is 6.97. The molecule has 3 amide bonds. The number of nitrogens with one attached hydrogen (secondary N) is 2. The maximum absolute atomic E-state index is 13.5. The number of thiophene rings is 1. The Morgan fingerprint density at radius 1 is 0.909 bits per heavy atom. The summed E-state index contributed by atoms with van der Waals surface area (Å²) in [6, 6.07) is 16.7. The number of benzene rings is 2. The van der Waals surface area contributed by atoms with E-state index in [-0.39, 0.29) is 17.7 Å². The second-order valence-electron chi connectivity index (χ2n) is 8.20. The van der Waals surface area contributed by atoms with Crippen molar-refractivity contribution >= 4 is 39.7 Å². The predicted molar refractivity (Wildman–Crippen MR) is 133 cm³/mol. The molecule has 0 spiro atoms. The van der Waals surface area contributed by atoms with Gasteiger partial charge in [0.15, 0.2) is 0 Å². The number of amides is 3. The molecule has 1 fully saturated rings. The van der Waals surface area contributed by atoms with Gasteiger partial charge in [-0.25, -0.2) is 0 Å². The van der Waals surface area contributed by atoms with Crippen LogP contribution in [0, 0.1) is 6.92 Å². The van der Waals surface area contributed by atoms with Crippen LogP contribution in [0.5, 0.6) is 0 Å².